The van der Waals surface area contributed by atoms with Gasteiger partial charge in [-0.25, -0.2) is 9.59 Å². The Labute approximate surface area is 166 Å². The van der Waals surface area contributed by atoms with Crippen molar-refractivity contribution < 1.29 is 19.1 Å². The quantitative estimate of drug-likeness (QED) is 0.408. The van der Waals surface area contributed by atoms with Crippen molar-refractivity contribution in [3.63, 3.8) is 0 Å². The van der Waals surface area contributed by atoms with E-state index in [2.05, 4.69) is 20.7 Å². The molecule has 140 valence electrons. The highest BCUT2D eigenvalue weighted by molar-refractivity contribution is 9.10. The number of aromatic nitrogens is 1. The Morgan fingerprint density at radius 1 is 1.26 bits per heavy atom. The van der Waals surface area contributed by atoms with Gasteiger partial charge < -0.3 is 14.0 Å². The van der Waals surface area contributed by atoms with Crippen molar-refractivity contribution in [1.29, 1.82) is 5.26 Å². The van der Waals surface area contributed by atoms with Crippen molar-refractivity contribution in [1.82, 2.24) is 4.57 Å². The molecule has 0 radical (unpaired) electrons. The highest BCUT2D eigenvalue weighted by Gasteiger charge is 2.21. The zero-order chi connectivity index (χ0) is 20.1. The summed E-state index contributed by atoms with van der Waals surface area (Å²) in [5.74, 6) is -1.56. The van der Waals surface area contributed by atoms with Crippen molar-refractivity contribution in [2.75, 3.05) is 7.11 Å². The van der Waals surface area contributed by atoms with Crippen LogP contribution in [0, 0.1) is 25.2 Å². The molecule has 0 aliphatic rings. The monoisotopic (exact) mass is 430 g/mol. The number of nitrogens with zero attached hydrogens (tertiary/aromatic N) is 2. The largest absolute Gasteiger partial charge is 0.466 e. The first-order valence-corrected chi connectivity index (χ1v) is 8.93. The second-order valence-electron chi connectivity index (χ2n) is 5.88. The number of aryl methyl sites for hydroxylation is 1. The van der Waals surface area contributed by atoms with Crippen LogP contribution in [0.15, 0.2) is 40.4 Å². The summed E-state index contributed by atoms with van der Waals surface area (Å²) in [6, 6.07) is 11.5. The average Bonchev–Trinajstić information content (AvgIpc) is 2.92. The highest BCUT2D eigenvalue weighted by Crippen LogP contribution is 2.24. The van der Waals surface area contributed by atoms with Gasteiger partial charge in [0.1, 0.15) is 11.6 Å². The van der Waals surface area contributed by atoms with E-state index in [0.29, 0.717) is 0 Å². The van der Waals surface area contributed by atoms with Gasteiger partial charge in [0, 0.05) is 21.5 Å². The Morgan fingerprint density at radius 3 is 2.44 bits per heavy atom. The lowest BCUT2D eigenvalue weighted by molar-refractivity contribution is -0.161. The number of methoxy groups -OCH3 is 1. The molecule has 0 bridgehead atoms. The van der Waals surface area contributed by atoms with E-state index in [1.807, 2.05) is 54.8 Å². The van der Waals surface area contributed by atoms with E-state index in [1.54, 1.807) is 0 Å². The molecule has 1 heterocycles. The minimum absolute atomic E-state index is 0.193. The third-order valence-electron chi connectivity index (χ3n) is 4.01. The first-order chi connectivity index (χ1) is 12.8. The minimum Gasteiger partial charge on any atom is -0.466 e. The van der Waals surface area contributed by atoms with Crippen LogP contribution in [-0.4, -0.2) is 29.7 Å². The molecule has 0 aliphatic heterocycles. The van der Waals surface area contributed by atoms with Crippen molar-refractivity contribution in [3.05, 3.63) is 57.3 Å². The maximum Gasteiger partial charge on any atom is 0.349 e. The molecule has 0 saturated carbocycles. The summed E-state index contributed by atoms with van der Waals surface area (Å²) in [4.78, 5) is 23.6. The fourth-order valence-electron chi connectivity index (χ4n) is 2.65. The molecule has 1 unspecified atom stereocenters. The third-order valence-corrected chi connectivity index (χ3v) is 4.54. The standard InChI is InChI=1S/C20H19BrN2O4/c1-12-9-15(13(2)23(12)18-7-5-17(21)6-8-18)10-16(11-22)20(25)27-14(3)19(24)26-4/h5-10,14H,1-4H3/b16-10+. The van der Waals surface area contributed by atoms with E-state index in [4.69, 9.17) is 4.74 Å². The molecular weight excluding hydrogens is 412 g/mol. The zero-order valence-electron chi connectivity index (χ0n) is 15.4. The molecule has 1 aromatic heterocycles. The molecule has 0 spiro atoms. The van der Waals surface area contributed by atoms with Crippen LogP contribution in [0.3, 0.4) is 0 Å². The van der Waals surface area contributed by atoms with Gasteiger partial charge in [-0.2, -0.15) is 5.26 Å². The smallest absolute Gasteiger partial charge is 0.349 e. The number of halogens is 1. The zero-order valence-corrected chi connectivity index (χ0v) is 17.0. The normalized spacial score (nSPS) is 12.2. The minimum atomic E-state index is -1.09. The van der Waals surface area contributed by atoms with E-state index >= 15 is 0 Å². The van der Waals surface area contributed by atoms with Crippen LogP contribution in [0.5, 0.6) is 0 Å². The van der Waals surface area contributed by atoms with Crippen molar-refractivity contribution in [2.45, 2.75) is 26.9 Å². The SMILES string of the molecule is COC(=O)C(C)OC(=O)/C(C#N)=C/c1cc(C)n(-c2ccc(Br)cc2)c1C. The second kappa shape index (κ2) is 8.69. The van der Waals surface area contributed by atoms with E-state index in [9.17, 15) is 14.9 Å². The molecule has 27 heavy (non-hydrogen) atoms. The lowest BCUT2D eigenvalue weighted by Crippen LogP contribution is -2.25. The molecule has 6 nitrogen and oxygen atoms in total. The van der Waals surface area contributed by atoms with Crippen molar-refractivity contribution in [2.24, 2.45) is 0 Å². The molecule has 0 fully saturated rings. The van der Waals surface area contributed by atoms with Crippen LogP contribution in [0.1, 0.15) is 23.9 Å². The van der Waals surface area contributed by atoms with E-state index in [-0.39, 0.29) is 5.57 Å². The van der Waals surface area contributed by atoms with Crippen molar-refractivity contribution in [3.8, 4) is 11.8 Å². The van der Waals surface area contributed by atoms with Crippen LogP contribution in [0.25, 0.3) is 11.8 Å². The highest BCUT2D eigenvalue weighted by atomic mass is 79.9. The van der Waals surface area contributed by atoms with Gasteiger partial charge in [-0.3, -0.25) is 0 Å². The first-order valence-electron chi connectivity index (χ1n) is 8.14. The van der Waals surface area contributed by atoms with Crippen LogP contribution in [0.4, 0.5) is 0 Å². The summed E-state index contributed by atoms with van der Waals surface area (Å²) in [5.41, 5.74) is 3.32. The molecule has 0 saturated heterocycles. The number of carbonyl (C=O) groups is 2. The lowest BCUT2D eigenvalue weighted by Gasteiger charge is -2.10. The summed E-state index contributed by atoms with van der Waals surface area (Å²) >= 11 is 3.41. The maximum absolute atomic E-state index is 12.2. The van der Waals surface area contributed by atoms with Gasteiger partial charge in [-0.05, 0) is 62.7 Å². The number of hydrogen-bond donors (Lipinski definition) is 0. The molecule has 0 N–H and O–H groups in total. The second-order valence-corrected chi connectivity index (χ2v) is 6.79. The average molecular weight is 431 g/mol. The predicted molar refractivity (Wildman–Crippen MR) is 104 cm³/mol. The molecule has 7 heteroatoms. The third kappa shape index (κ3) is 4.66. The molecule has 0 aliphatic carbocycles. The van der Waals surface area contributed by atoms with Gasteiger partial charge in [0.05, 0.1) is 7.11 Å². The van der Waals surface area contributed by atoms with Crippen LogP contribution in [0.2, 0.25) is 0 Å². The van der Waals surface area contributed by atoms with Gasteiger partial charge in [-0.15, -0.1) is 0 Å². The van der Waals surface area contributed by atoms with Gasteiger partial charge in [0.2, 0.25) is 0 Å². The number of nitriles is 1. The Balaban J connectivity index is 2.36. The Morgan fingerprint density at radius 2 is 1.89 bits per heavy atom. The van der Waals surface area contributed by atoms with Gasteiger partial charge in [0.15, 0.2) is 6.10 Å². The summed E-state index contributed by atoms with van der Waals surface area (Å²) in [6.07, 6.45) is 0.374. The van der Waals surface area contributed by atoms with Crippen molar-refractivity contribution >= 4 is 33.9 Å². The molecule has 2 rings (SSSR count). The van der Waals surface area contributed by atoms with E-state index in [0.717, 1.165) is 27.1 Å². The number of ether oxygens (including phenoxy) is 2. The molecule has 0 amide bonds. The Bertz CT molecular complexity index is 936. The predicted octanol–water partition coefficient (Wildman–Crippen LogP) is 3.87. The maximum atomic E-state index is 12.2. The molecule has 2 aromatic rings. The Hall–Kier alpha value is -2.85. The van der Waals surface area contributed by atoms with Crippen LogP contribution >= 0.6 is 15.9 Å². The van der Waals surface area contributed by atoms with E-state index in [1.165, 1.54) is 20.1 Å². The van der Waals surface area contributed by atoms with E-state index < -0.39 is 18.0 Å². The summed E-state index contributed by atoms with van der Waals surface area (Å²) in [5, 5.41) is 9.33. The fourth-order valence-corrected chi connectivity index (χ4v) is 2.92. The van der Waals surface area contributed by atoms with Gasteiger partial charge in [0.25, 0.3) is 0 Å². The lowest BCUT2D eigenvalue weighted by atomic mass is 10.1. The number of hydrogen-bond acceptors (Lipinski definition) is 5. The number of carbonyl (C=O) groups excluding carboxylic acids is 2. The molecule has 1 aromatic carbocycles. The van der Waals surface area contributed by atoms with Crippen LogP contribution < -0.4 is 0 Å². The summed E-state index contributed by atoms with van der Waals surface area (Å²) < 4.78 is 12.5. The van der Waals surface area contributed by atoms with Gasteiger partial charge >= 0.3 is 11.9 Å². The number of benzene rings is 1. The topological polar surface area (TPSA) is 81.3 Å². The summed E-state index contributed by atoms with van der Waals surface area (Å²) in [6.45, 7) is 5.23. The first kappa shape index (κ1) is 20.5. The number of rotatable bonds is 5. The molecular formula is C20H19BrN2O4. The summed E-state index contributed by atoms with van der Waals surface area (Å²) in [7, 11) is 1.20. The number of esters is 2. The fraction of sp³-hybridized carbons (Fsp3) is 0.250. The Kier molecular flexibility index (Phi) is 6.59. The molecule has 1 atom stereocenters. The van der Waals surface area contributed by atoms with Gasteiger partial charge in [-0.1, -0.05) is 15.9 Å². The van der Waals surface area contributed by atoms with Crippen LogP contribution in [-0.2, 0) is 19.1 Å².